The molecule has 0 rings (SSSR count). The molecule has 0 fully saturated rings. The summed E-state index contributed by atoms with van der Waals surface area (Å²) in [5.74, 6) is 0.652. The first-order chi connectivity index (χ1) is 20.2. The highest BCUT2D eigenvalue weighted by Crippen LogP contribution is 2.33. The Morgan fingerprint density at radius 3 is 1.14 bits per heavy atom. The van der Waals surface area contributed by atoms with Gasteiger partial charge in [-0.25, -0.2) is 0 Å². The fourth-order valence-electron chi connectivity index (χ4n) is 6.65. The molecule has 43 heavy (non-hydrogen) atoms. The van der Waals surface area contributed by atoms with Crippen molar-refractivity contribution in [2.24, 2.45) is 16.7 Å². The minimum Gasteiger partial charge on any atom is -0.303 e. The van der Waals surface area contributed by atoms with Gasteiger partial charge >= 0.3 is 0 Å². The Labute approximate surface area is 279 Å². The van der Waals surface area contributed by atoms with Crippen LogP contribution in [0, 0.1) is 16.7 Å². The van der Waals surface area contributed by atoms with Crippen LogP contribution in [-0.4, -0.2) is 29.4 Å². The standard InChI is InChI=1S/C41H84ClN/c1-10-11-12-13-20-25-31-38(41(8,9)42)32-30-37-43(35-28-23-18-14-16-21-26-33-39(2,3)4)36-29-24-19-15-17-22-27-34-40(5,6)7/h38H,10-37H2,1-9H3. The molecule has 0 saturated carbocycles. The van der Waals surface area contributed by atoms with Crippen LogP contribution in [0.5, 0.6) is 0 Å². The highest BCUT2D eigenvalue weighted by molar-refractivity contribution is 6.23. The van der Waals surface area contributed by atoms with Gasteiger partial charge in [0.1, 0.15) is 0 Å². The van der Waals surface area contributed by atoms with Gasteiger partial charge in [-0.2, -0.15) is 0 Å². The molecular formula is C41H84ClN. The van der Waals surface area contributed by atoms with E-state index in [4.69, 9.17) is 11.6 Å². The second-order valence-electron chi connectivity index (χ2n) is 17.4. The Bertz CT molecular complexity index is 546. The number of nitrogens with zero attached hydrogens (tertiary/aromatic N) is 1. The van der Waals surface area contributed by atoms with Crippen molar-refractivity contribution in [2.45, 2.75) is 228 Å². The maximum atomic E-state index is 6.94. The number of rotatable bonds is 30. The van der Waals surface area contributed by atoms with Crippen molar-refractivity contribution in [2.75, 3.05) is 19.6 Å². The second kappa shape index (κ2) is 26.3. The van der Waals surface area contributed by atoms with E-state index in [-0.39, 0.29) is 4.87 Å². The maximum absolute atomic E-state index is 6.94. The molecule has 0 aromatic carbocycles. The maximum Gasteiger partial charge on any atom is 0.0418 e. The van der Waals surface area contributed by atoms with Crippen LogP contribution in [0.25, 0.3) is 0 Å². The van der Waals surface area contributed by atoms with E-state index in [2.05, 4.69) is 67.2 Å². The van der Waals surface area contributed by atoms with Gasteiger partial charge in [0.15, 0.2) is 0 Å². The minimum atomic E-state index is -0.0754. The van der Waals surface area contributed by atoms with Crippen LogP contribution in [0.2, 0.25) is 0 Å². The number of alkyl halides is 1. The summed E-state index contributed by atoms with van der Waals surface area (Å²) < 4.78 is 0. The van der Waals surface area contributed by atoms with Gasteiger partial charge in [0.2, 0.25) is 0 Å². The van der Waals surface area contributed by atoms with Gasteiger partial charge in [-0.1, -0.05) is 164 Å². The fraction of sp³-hybridized carbons (Fsp3) is 1.00. The second-order valence-corrected chi connectivity index (χ2v) is 18.3. The molecule has 0 saturated heterocycles. The Kier molecular flexibility index (Phi) is 26.5. The van der Waals surface area contributed by atoms with Gasteiger partial charge in [0.05, 0.1) is 0 Å². The zero-order valence-electron chi connectivity index (χ0n) is 31.7. The van der Waals surface area contributed by atoms with Gasteiger partial charge in [-0.3, -0.25) is 0 Å². The predicted molar refractivity (Wildman–Crippen MR) is 200 cm³/mol. The lowest BCUT2D eigenvalue weighted by Crippen LogP contribution is -2.30. The molecule has 1 unspecified atom stereocenters. The zero-order valence-corrected chi connectivity index (χ0v) is 32.5. The van der Waals surface area contributed by atoms with Crippen molar-refractivity contribution in [3.63, 3.8) is 0 Å². The Morgan fingerprint density at radius 1 is 0.419 bits per heavy atom. The largest absolute Gasteiger partial charge is 0.303 e. The highest BCUT2D eigenvalue weighted by Gasteiger charge is 2.26. The lowest BCUT2D eigenvalue weighted by Gasteiger charge is -2.30. The highest BCUT2D eigenvalue weighted by atomic mass is 35.5. The molecule has 2 heteroatoms. The van der Waals surface area contributed by atoms with Gasteiger partial charge in [0, 0.05) is 4.87 Å². The SMILES string of the molecule is CCCCCCCCC(CCCN(CCCCCCCCCC(C)(C)C)CCCCCCCCCC(C)(C)C)C(C)(C)Cl. The first-order valence-corrected chi connectivity index (χ1v) is 20.0. The Morgan fingerprint density at radius 2 is 0.744 bits per heavy atom. The molecule has 0 spiro atoms. The third kappa shape index (κ3) is 32.0. The van der Waals surface area contributed by atoms with Crippen LogP contribution in [0.4, 0.5) is 0 Å². The number of hydrogen-bond acceptors (Lipinski definition) is 1. The summed E-state index contributed by atoms with van der Waals surface area (Å²) in [6.07, 6.45) is 34.9. The lowest BCUT2D eigenvalue weighted by molar-refractivity contribution is 0.239. The summed E-state index contributed by atoms with van der Waals surface area (Å²) in [5.41, 5.74) is 1.01. The molecule has 0 aromatic heterocycles. The summed E-state index contributed by atoms with van der Waals surface area (Å²) in [4.78, 5) is 2.75. The molecule has 0 amide bonds. The van der Waals surface area contributed by atoms with Gasteiger partial charge in [0.25, 0.3) is 0 Å². The zero-order chi connectivity index (χ0) is 32.5. The van der Waals surface area contributed by atoms with Crippen LogP contribution < -0.4 is 0 Å². The molecule has 0 aliphatic carbocycles. The number of hydrogen-bond donors (Lipinski definition) is 0. The van der Waals surface area contributed by atoms with Crippen molar-refractivity contribution in [3.8, 4) is 0 Å². The predicted octanol–water partition coefficient (Wildman–Crippen LogP) is 14.8. The van der Waals surface area contributed by atoms with Crippen molar-refractivity contribution in [3.05, 3.63) is 0 Å². The third-order valence-electron chi connectivity index (χ3n) is 9.71. The lowest BCUT2D eigenvalue weighted by atomic mass is 9.85. The Balaban J connectivity index is 4.44. The number of halogens is 1. The minimum absolute atomic E-state index is 0.0754. The summed E-state index contributed by atoms with van der Waals surface area (Å²) >= 11 is 6.94. The van der Waals surface area contributed by atoms with E-state index in [0.29, 0.717) is 16.7 Å². The van der Waals surface area contributed by atoms with Crippen molar-refractivity contribution in [1.29, 1.82) is 0 Å². The normalized spacial score (nSPS) is 13.7. The molecule has 0 bridgehead atoms. The van der Waals surface area contributed by atoms with E-state index in [1.54, 1.807) is 0 Å². The van der Waals surface area contributed by atoms with E-state index in [9.17, 15) is 0 Å². The van der Waals surface area contributed by atoms with Crippen LogP contribution in [0.15, 0.2) is 0 Å². The molecule has 0 N–H and O–H groups in total. The van der Waals surface area contributed by atoms with Crippen molar-refractivity contribution >= 4 is 11.6 Å². The summed E-state index contributed by atoms with van der Waals surface area (Å²) in [5, 5.41) is 0. The molecule has 0 heterocycles. The molecule has 1 atom stereocenters. The first kappa shape index (κ1) is 43.2. The summed E-state index contributed by atoms with van der Waals surface area (Å²) in [6, 6.07) is 0. The molecule has 0 radical (unpaired) electrons. The van der Waals surface area contributed by atoms with Crippen LogP contribution in [-0.2, 0) is 0 Å². The van der Waals surface area contributed by atoms with E-state index in [1.807, 2.05) is 0 Å². The van der Waals surface area contributed by atoms with E-state index in [1.165, 1.54) is 180 Å². The average molecular weight is 627 g/mol. The molecule has 0 aliphatic rings. The van der Waals surface area contributed by atoms with Gasteiger partial charge in [-0.15, -0.1) is 11.6 Å². The van der Waals surface area contributed by atoms with Crippen LogP contribution in [0.3, 0.4) is 0 Å². The number of unbranched alkanes of at least 4 members (excludes halogenated alkanes) is 17. The molecule has 0 aliphatic heterocycles. The van der Waals surface area contributed by atoms with Crippen LogP contribution in [0.1, 0.15) is 223 Å². The van der Waals surface area contributed by atoms with E-state index in [0.717, 1.165) is 0 Å². The van der Waals surface area contributed by atoms with E-state index < -0.39 is 0 Å². The average Bonchev–Trinajstić information content (AvgIpc) is 2.89. The quantitative estimate of drug-likeness (QED) is 0.0566. The monoisotopic (exact) mass is 626 g/mol. The van der Waals surface area contributed by atoms with Crippen molar-refractivity contribution < 1.29 is 0 Å². The van der Waals surface area contributed by atoms with E-state index >= 15 is 0 Å². The smallest absolute Gasteiger partial charge is 0.0418 e. The third-order valence-corrected chi connectivity index (χ3v) is 10.0. The van der Waals surface area contributed by atoms with Gasteiger partial charge < -0.3 is 4.90 Å². The van der Waals surface area contributed by atoms with Gasteiger partial charge in [-0.05, 0) is 95.2 Å². The molecule has 1 nitrogen and oxygen atoms in total. The molecule has 260 valence electrons. The molecule has 0 aromatic rings. The fourth-order valence-corrected chi connectivity index (χ4v) is 6.87. The topological polar surface area (TPSA) is 3.24 Å². The summed E-state index contributed by atoms with van der Waals surface area (Å²) in [7, 11) is 0. The summed E-state index contributed by atoms with van der Waals surface area (Å²) in [6.45, 7) is 25.0. The first-order valence-electron chi connectivity index (χ1n) is 19.7. The van der Waals surface area contributed by atoms with Crippen LogP contribution >= 0.6 is 11.6 Å². The molecular weight excluding hydrogens is 542 g/mol. The van der Waals surface area contributed by atoms with Crippen molar-refractivity contribution in [1.82, 2.24) is 4.90 Å². The Hall–Kier alpha value is 0.250.